The minimum absolute atomic E-state index is 0.750. The topological polar surface area (TPSA) is 9.23 Å². The molecule has 0 aromatic carbocycles. The third kappa shape index (κ3) is 5.70. The molecule has 0 rings (SSSR count). The number of allylic oxidation sites excluding steroid dienone is 1. The van der Waals surface area contributed by atoms with Crippen molar-refractivity contribution in [3.63, 3.8) is 0 Å². The van der Waals surface area contributed by atoms with Crippen LogP contribution in [0.3, 0.4) is 0 Å². The zero-order valence-corrected chi connectivity index (χ0v) is 5.68. The summed E-state index contributed by atoms with van der Waals surface area (Å²) in [5.74, 6) is 0. The maximum Gasteiger partial charge on any atom is 0.0643 e. The number of hydrogen-bond acceptors (Lipinski definition) is 1. The van der Waals surface area contributed by atoms with E-state index in [2.05, 4.69) is 13.0 Å². The lowest BCUT2D eigenvalue weighted by molar-refractivity contribution is 0.233. The SMILES string of the molecule is CCCC=CCOC. The zero-order valence-electron chi connectivity index (χ0n) is 5.68. The molecule has 0 aliphatic carbocycles. The van der Waals surface area contributed by atoms with Gasteiger partial charge < -0.3 is 4.74 Å². The summed E-state index contributed by atoms with van der Waals surface area (Å²) < 4.78 is 4.80. The molecular weight excluding hydrogens is 100 g/mol. The second-order valence-corrected chi connectivity index (χ2v) is 1.72. The van der Waals surface area contributed by atoms with E-state index < -0.39 is 0 Å². The monoisotopic (exact) mass is 114 g/mol. The molecular formula is C7H14O. The molecule has 0 atom stereocenters. The molecule has 0 N–H and O–H groups in total. The maximum absolute atomic E-state index is 4.80. The van der Waals surface area contributed by atoms with Crippen LogP contribution in [0, 0.1) is 0 Å². The molecule has 0 amide bonds. The molecule has 0 spiro atoms. The molecule has 0 fully saturated rings. The number of methoxy groups -OCH3 is 1. The highest BCUT2D eigenvalue weighted by molar-refractivity contribution is 4.80. The van der Waals surface area contributed by atoms with Crippen molar-refractivity contribution in [2.45, 2.75) is 19.8 Å². The van der Waals surface area contributed by atoms with Crippen LogP contribution in [0.4, 0.5) is 0 Å². The van der Waals surface area contributed by atoms with Crippen LogP contribution in [0.5, 0.6) is 0 Å². The highest BCUT2D eigenvalue weighted by Crippen LogP contribution is 1.87. The summed E-state index contributed by atoms with van der Waals surface area (Å²) in [7, 11) is 1.70. The van der Waals surface area contributed by atoms with Crippen molar-refractivity contribution < 1.29 is 4.74 Å². The van der Waals surface area contributed by atoms with Crippen LogP contribution in [-0.2, 0) is 4.74 Å². The standard InChI is InChI=1S/C7H14O/c1-3-4-5-6-7-8-2/h5-6H,3-4,7H2,1-2H3. The van der Waals surface area contributed by atoms with E-state index in [1.54, 1.807) is 7.11 Å². The van der Waals surface area contributed by atoms with E-state index in [1.165, 1.54) is 12.8 Å². The van der Waals surface area contributed by atoms with Gasteiger partial charge in [0.2, 0.25) is 0 Å². The van der Waals surface area contributed by atoms with Crippen LogP contribution in [0.2, 0.25) is 0 Å². The lowest BCUT2D eigenvalue weighted by atomic mass is 10.3. The molecule has 0 heterocycles. The molecule has 0 aromatic rings. The molecule has 0 saturated carbocycles. The molecule has 0 aliphatic heterocycles. The van der Waals surface area contributed by atoms with Gasteiger partial charge in [0.15, 0.2) is 0 Å². The molecule has 0 aromatic heterocycles. The second kappa shape index (κ2) is 6.70. The van der Waals surface area contributed by atoms with Crippen LogP contribution >= 0.6 is 0 Å². The summed E-state index contributed by atoms with van der Waals surface area (Å²) in [5.41, 5.74) is 0. The predicted molar refractivity (Wildman–Crippen MR) is 35.9 cm³/mol. The van der Waals surface area contributed by atoms with Crippen molar-refractivity contribution in [1.82, 2.24) is 0 Å². The average Bonchev–Trinajstić information content (AvgIpc) is 1.81. The first kappa shape index (κ1) is 7.70. The highest BCUT2D eigenvalue weighted by atomic mass is 16.5. The minimum Gasteiger partial charge on any atom is -0.381 e. The van der Waals surface area contributed by atoms with Gasteiger partial charge >= 0.3 is 0 Å². The Bertz CT molecular complexity index is 49.4. The quantitative estimate of drug-likeness (QED) is 0.508. The molecule has 0 aliphatic rings. The van der Waals surface area contributed by atoms with Gasteiger partial charge in [0, 0.05) is 7.11 Å². The molecule has 0 saturated heterocycles. The van der Waals surface area contributed by atoms with Gasteiger partial charge in [0.1, 0.15) is 0 Å². The van der Waals surface area contributed by atoms with Crippen LogP contribution in [-0.4, -0.2) is 13.7 Å². The van der Waals surface area contributed by atoms with E-state index in [0.29, 0.717) is 0 Å². The zero-order chi connectivity index (χ0) is 6.24. The third-order valence-electron chi connectivity index (χ3n) is 0.885. The Balaban J connectivity index is 2.83. The average molecular weight is 114 g/mol. The minimum atomic E-state index is 0.750. The van der Waals surface area contributed by atoms with Crippen LogP contribution in [0.15, 0.2) is 12.2 Å². The maximum atomic E-state index is 4.80. The lowest BCUT2D eigenvalue weighted by Gasteiger charge is -1.86. The number of rotatable bonds is 4. The van der Waals surface area contributed by atoms with Gasteiger partial charge in [-0.25, -0.2) is 0 Å². The first-order valence-electron chi connectivity index (χ1n) is 3.05. The number of hydrogen-bond donors (Lipinski definition) is 0. The largest absolute Gasteiger partial charge is 0.381 e. The van der Waals surface area contributed by atoms with E-state index in [1.807, 2.05) is 6.08 Å². The Morgan fingerprint density at radius 3 is 2.62 bits per heavy atom. The summed E-state index contributed by atoms with van der Waals surface area (Å²) in [6.07, 6.45) is 6.58. The molecule has 8 heavy (non-hydrogen) atoms. The smallest absolute Gasteiger partial charge is 0.0643 e. The van der Waals surface area contributed by atoms with Gasteiger partial charge in [0.05, 0.1) is 6.61 Å². The highest BCUT2D eigenvalue weighted by Gasteiger charge is 1.71. The Labute approximate surface area is 51.4 Å². The summed E-state index contributed by atoms with van der Waals surface area (Å²) >= 11 is 0. The van der Waals surface area contributed by atoms with Crippen molar-refractivity contribution in [3.05, 3.63) is 12.2 Å². The molecule has 0 unspecified atom stereocenters. The lowest BCUT2D eigenvalue weighted by Crippen LogP contribution is -1.79. The van der Waals surface area contributed by atoms with Crippen molar-refractivity contribution in [2.24, 2.45) is 0 Å². The van der Waals surface area contributed by atoms with E-state index in [4.69, 9.17) is 4.74 Å². The van der Waals surface area contributed by atoms with Crippen molar-refractivity contribution in [1.29, 1.82) is 0 Å². The molecule has 1 nitrogen and oxygen atoms in total. The molecule has 0 bridgehead atoms. The van der Waals surface area contributed by atoms with Gasteiger partial charge in [-0.2, -0.15) is 0 Å². The Morgan fingerprint density at radius 1 is 1.38 bits per heavy atom. The molecule has 0 radical (unpaired) electrons. The first-order chi connectivity index (χ1) is 3.91. The van der Waals surface area contributed by atoms with E-state index in [0.717, 1.165) is 6.61 Å². The fourth-order valence-electron chi connectivity index (χ4n) is 0.449. The van der Waals surface area contributed by atoms with E-state index in [9.17, 15) is 0 Å². The molecule has 1 heteroatoms. The van der Waals surface area contributed by atoms with Crippen molar-refractivity contribution in [2.75, 3.05) is 13.7 Å². The number of unbranched alkanes of at least 4 members (excludes halogenated alkanes) is 1. The van der Waals surface area contributed by atoms with Gasteiger partial charge in [-0.3, -0.25) is 0 Å². The fraction of sp³-hybridized carbons (Fsp3) is 0.714. The summed E-state index contributed by atoms with van der Waals surface area (Å²) in [6.45, 7) is 2.91. The van der Waals surface area contributed by atoms with Crippen molar-refractivity contribution in [3.8, 4) is 0 Å². The van der Waals surface area contributed by atoms with Crippen LogP contribution < -0.4 is 0 Å². The summed E-state index contributed by atoms with van der Waals surface area (Å²) in [5, 5.41) is 0. The number of ether oxygens (including phenoxy) is 1. The Morgan fingerprint density at radius 2 is 2.12 bits per heavy atom. The van der Waals surface area contributed by atoms with Gasteiger partial charge in [-0.15, -0.1) is 0 Å². The van der Waals surface area contributed by atoms with Crippen LogP contribution in [0.1, 0.15) is 19.8 Å². The van der Waals surface area contributed by atoms with E-state index in [-0.39, 0.29) is 0 Å². The third-order valence-corrected chi connectivity index (χ3v) is 0.885. The van der Waals surface area contributed by atoms with Gasteiger partial charge in [0.25, 0.3) is 0 Å². The Kier molecular flexibility index (Phi) is 6.45. The first-order valence-corrected chi connectivity index (χ1v) is 3.05. The predicted octanol–water partition coefficient (Wildman–Crippen LogP) is 1.99. The molecule has 48 valence electrons. The Hall–Kier alpha value is -0.300. The van der Waals surface area contributed by atoms with E-state index >= 15 is 0 Å². The fourth-order valence-corrected chi connectivity index (χ4v) is 0.449. The second-order valence-electron chi connectivity index (χ2n) is 1.72. The van der Waals surface area contributed by atoms with Gasteiger partial charge in [-0.1, -0.05) is 25.5 Å². The van der Waals surface area contributed by atoms with Crippen LogP contribution in [0.25, 0.3) is 0 Å². The van der Waals surface area contributed by atoms with Gasteiger partial charge in [-0.05, 0) is 6.42 Å². The summed E-state index contributed by atoms with van der Waals surface area (Å²) in [4.78, 5) is 0. The normalized spacial score (nSPS) is 10.8. The van der Waals surface area contributed by atoms with Crippen molar-refractivity contribution >= 4 is 0 Å². The summed E-state index contributed by atoms with van der Waals surface area (Å²) in [6, 6.07) is 0.